The predicted molar refractivity (Wildman–Crippen MR) is 95.0 cm³/mol. The summed E-state index contributed by atoms with van der Waals surface area (Å²) in [6.07, 6.45) is 0.137. The molecule has 25 heavy (non-hydrogen) atoms. The number of carbonyl (C=O) groups excluding carboxylic acids is 2. The van der Waals surface area contributed by atoms with Crippen molar-refractivity contribution in [1.29, 1.82) is 0 Å². The average molecular weight is 381 g/mol. The number of carbonyl (C=O) groups is 2. The van der Waals surface area contributed by atoms with Crippen LogP contribution >= 0.6 is 23.2 Å². The highest BCUT2D eigenvalue weighted by Gasteiger charge is 2.34. The fourth-order valence-electron chi connectivity index (χ4n) is 2.74. The van der Waals surface area contributed by atoms with Crippen LogP contribution in [0.3, 0.4) is 0 Å². The summed E-state index contributed by atoms with van der Waals surface area (Å²) in [5.41, 5.74) is 1.28. The van der Waals surface area contributed by atoms with Gasteiger partial charge in [-0.25, -0.2) is 4.39 Å². The van der Waals surface area contributed by atoms with Crippen LogP contribution < -0.4 is 5.32 Å². The highest BCUT2D eigenvalue weighted by atomic mass is 35.5. The van der Waals surface area contributed by atoms with Gasteiger partial charge in [0.15, 0.2) is 0 Å². The average Bonchev–Trinajstić information content (AvgIpc) is 2.93. The minimum Gasteiger partial charge on any atom is -0.338 e. The van der Waals surface area contributed by atoms with Crippen molar-refractivity contribution in [1.82, 2.24) is 4.90 Å². The van der Waals surface area contributed by atoms with Gasteiger partial charge in [0.25, 0.3) is 0 Å². The number of amides is 2. The van der Waals surface area contributed by atoms with Crippen LogP contribution in [0, 0.1) is 11.7 Å². The second-order valence-electron chi connectivity index (χ2n) is 5.92. The molecule has 1 saturated heterocycles. The van der Waals surface area contributed by atoms with Gasteiger partial charge < -0.3 is 10.2 Å². The van der Waals surface area contributed by atoms with Gasteiger partial charge in [0, 0.05) is 24.5 Å². The molecule has 0 spiro atoms. The lowest BCUT2D eigenvalue weighted by Gasteiger charge is -2.17. The molecule has 1 aliphatic rings. The fourth-order valence-corrected chi connectivity index (χ4v) is 3.19. The molecule has 0 radical (unpaired) electrons. The van der Waals surface area contributed by atoms with Crippen molar-refractivity contribution in [3.8, 4) is 0 Å². The number of likely N-dealkylation sites (tertiary alicyclic amines) is 1. The molecule has 130 valence electrons. The van der Waals surface area contributed by atoms with Crippen molar-refractivity contribution in [2.45, 2.75) is 13.0 Å². The summed E-state index contributed by atoms with van der Waals surface area (Å²) in [7, 11) is 0. The number of nitrogens with one attached hydrogen (secondary N) is 1. The summed E-state index contributed by atoms with van der Waals surface area (Å²) < 4.78 is 13.0. The van der Waals surface area contributed by atoms with Crippen LogP contribution in [0.1, 0.15) is 12.0 Å². The molecule has 1 N–H and O–H groups in total. The van der Waals surface area contributed by atoms with Crippen molar-refractivity contribution in [2.24, 2.45) is 5.92 Å². The van der Waals surface area contributed by atoms with Crippen LogP contribution in [-0.2, 0) is 16.1 Å². The first kappa shape index (κ1) is 17.7. The molecular weight excluding hydrogens is 366 g/mol. The van der Waals surface area contributed by atoms with E-state index in [1.165, 1.54) is 12.1 Å². The summed E-state index contributed by atoms with van der Waals surface area (Å²) in [6, 6.07) is 10.7. The van der Waals surface area contributed by atoms with E-state index in [4.69, 9.17) is 23.2 Å². The van der Waals surface area contributed by atoms with Gasteiger partial charge in [-0.15, -0.1) is 0 Å². The van der Waals surface area contributed by atoms with E-state index >= 15 is 0 Å². The van der Waals surface area contributed by atoms with Crippen LogP contribution in [0.2, 0.25) is 10.0 Å². The molecule has 2 amide bonds. The van der Waals surface area contributed by atoms with Crippen molar-refractivity contribution in [3.63, 3.8) is 0 Å². The SMILES string of the molecule is O=C(Nc1ccc(Cl)cc1Cl)[C@@H]1CC(=O)N(Cc2ccc(F)cc2)C1. The largest absolute Gasteiger partial charge is 0.338 e. The lowest BCUT2D eigenvalue weighted by molar-refractivity contribution is -0.128. The van der Waals surface area contributed by atoms with Gasteiger partial charge in [-0.3, -0.25) is 9.59 Å². The van der Waals surface area contributed by atoms with Crippen LogP contribution in [0.15, 0.2) is 42.5 Å². The standard InChI is InChI=1S/C18H15Cl2FN2O2/c19-13-3-6-16(15(20)8-13)22-18(25)12-7-17(24)23(10-12)9-11-1-4-14(21)5-2-11/h1-6,8,12H,7,9-10H2,(H,22,25)/t12-/m1/s1. The number of hydrogen-bond acceptors (Lipinski definition) is 2. The highest BCUT2D eigenvalue weighted by Crippen LogP contribution is 2.27. The maximum Gasteiger partial charge on any atom is 0.229 e. The number of hydrogen-bond donors (Lipinski definition) is 1. The minimum absolute atomic E-state index is 0.105. The molecule has 1 aliphatic heterocycles. The van der Waals surface area contributed by atoms with Gasteiger partial charge in [-0.2, -0.15) is 0 Å². The summed E-state index contributed by atoms with van der Waals surface area (Å²) in [5, 5.41) is 3.55. The van der Waals surface area contributed by atoms with E-state index in [-0.39, 0.29) is 24.1 Å². The first-order valence-electron chi connectivity index (χ1n) is 7.70. The van der Waals surface area contributed by atoms with Crippen LogP contribution in [0.25, 0.3) is 0 Å². The molecule has 1 heterocycles. The van der Waals surface area contributed by atoms with E-state index in [0.29, 0.717) is 28.8 Å². The molecule has 4 nitrogen and oxygen atoms in total. The smallest absolute Gasteiger partial charge is 0.229 e. The lowest BCUT2D eigenvalue weighted by Crippen LogP contribution is -2.28. The second kappa shape index (κ2) is 7.42. The van der Waals surface area contributed by atoms with Crippen LogP contribution in [-0.4, -0.2) is 23.3 Å². The molecule has 0 saturated carbocycles. The quantitative estimate of drug-likeness (QED) is 0.866. The number of nitrogens with zero attached hydrogens (tertiary/aromatic N) is 1. The van der Waals surface area contributed by atoms with E-state index in [2.05, 4.69) is 5.32 Å². The summed E-state index contributed by atoms with van der Waals surface area (Å²) in [4.78, 5) is 26.2. The summed E-state index contributed by atoms with van der Waals surface area (Å²) >= 11 is 11.9. The molecule has 1 atom stereocenters. The third-order valence-corrected chi connectivity index (χ3v) is 4.61. The van der Waals surface area contributed by atoms with E-state index in [1.807, 2.05) is 0 Å². The predicted octanol–water partition coefficient (Wildman–Crippen LogP) is 4.12. The molecule has 3 rings (SSSR count). The van der Waals surface area contributed by atoms with E-state index in [1.54, 1.807) is 35.2 Å². The van der Waals surface area contributed by atoms with Gasteiger partial charge in [0.05, 0.1) is 16.6 Å². The first-order chi connectivity index (χ1) is 11.9. The first-order valence-corrected chi connectivity index (χ1v) is 8.46. The Balaban J connectivity index is 1.63. The monoisotopic (exact) mass is 380 g/mol. The Morgan fingerprint density at radius 2 is 1.92 bits per heavy atom. The topological polar surface area (TPSA) is 49.4 Å². The minimum atomic E-state index is -0.459. The molecule has 0 unspecified atom stereocenters. The Labute approximate surface area is 154 Å². The molecule has 2 aromatic carbocycles. The normalized spacial score (nSPS) is 17.0. The zero-order chi connectivity index (χ0) is 18.0. The van der Waals surface area contributed by atoms with Crippen LogP contribution in [0.4, 0.5) is 10.1 Å². The van der Waals surface area contributed by atoms with Gasteiger partial charge in [-0.1, -0.05) is 35.3 Å². The third kappa shape index (κ3) is 4.30. The summed E-state index contributed by atoms with van der Waals surface area (Å²) in [5.74, 6) is -1.15. The van der Waals surface area contributed by atoms with Crippen molar-refractivity contribution >= 4 is 40.7 Å². The van der Waals surface area contributed by atoms with Gasteiger partial charge in [0.1, 0.15) is 5.82 Å². The number of anilines is 1. The number of rotatable bonds is 4. The summed E-state index contributed by atoms with van der Waals surface area (Å²) in [6.45, 7) is 0.665. The number of halogens is 3. The molecule has 0 aromatic heterocycles. The molecular formula is C18H15Cl2FN2O2. The number of benzene rings is 2. The van der Waals surface area contributed by atoms with E-state index < -0.39 is 5.92 Å². The molecule has 0 aliphatic carbocycles. The Morgan fingerprint density at radius 1 is 1.20 bits per heavy atom. The zero-order valence-electron chi connectivity index (χ0n) is 13.1. The maximum atomic E-state index is 13.0. The molecule has 1 fully saturated rings. The Kier molecular flexibility index (Phi) is 5.25. The van der Waals surface area contributed by atoms with Crippen molar-refractivity contribution < 1.29 is 14.0 Å². The fraction of sp³-hybridized carbons (Fsp3) is 0.222. The Hall–Kier alpha value is -2.11. The van der Waals surface area contributed by atoms with Gasteiger partial charge in [-0.05, 0) is 35.9 Å². The zero-order valence-corrected chi connectivity index (χ0v) is 14.6. The highest BCUT2D eigenvalue weighted by molar-refractivity contribution is 6.36. The van der Waals surface area contributed by atoms with Crippen molar-refractivity contribution in [2.75, 3.05) is 11.9 Å². The van der Waals surface area contributed by atoms with Gasteiger partial charge >= 0.3 is 0 Å². The Bertz CT molecular complexity index is 811. The maximum absolute atomic E-state index is 13.0. The molecule has 7 heteroatoms. The molecule has 0 bridgehead atoms. The van der Waals surface area contributed by atoms with E-state index in [0.717, 1.165) is 5.56 Å². The van der Waals surface area contributed by atoms with Gasteiger partial charge in [0.2, 0.25) is 11.8 Å². The van der Waals surface area contributed by atoms with Crippen molar-refractivity contribution in [3.05, 3.63) is 63.9 Å². The second-order valence-corrected chi connectivity index (χ2v) is 6.76. The molecule has 2 aromatic rings. The Morgan fingerprint density at radius 3 is 2.60 bits per heavy atom. The van der Waals surface area contributed by atoms with E-state index in [9.17, 15) is 14.0 Å². The lowest BCUT2D eigenvalue weighted by atomic mass is 10.1. The van der Waals surface area contributed by atoms with Crippen LogP contribution in [0.5, 0.6) is 0 Å². The third-order valence-electron chi connectivity index (χ3n) is 4.06.